The van der Waals surface area contributed by atoms with Crippen molar-refractivity contribution >= 4 is 11.8 Å². The lowest BCUT2D eigenvalue weighted by atomic mass is 9.82. The fraction of sp³-hybridized carbons (Fsp3) is 0.765. The minimum atomic E-state index is -0.894. The van der Waals surface area contributed by atoms with Gasteiger partial charge in [-0.15, -0.1) is 0 Å². The van der Waals surface area contributed by atoms with Crippen molar-refractivity contribution < 1.29 is 19.8 Å². The lowest BCUT2D eigenvalue weighted by Gasteiger charge is -2.22. The van der Waals surface area contributed by atoms with E-state index in [-0.39, 0.29) is 29.5 Å². The van der Waals surface area contributed by atoms with Gasteiger partial charge in [0.05, 0.1) is 12.5 Å². The third kappa shape index (κ3) is 5.27. The van der Waals surface area contributed by atoms with Crippen LogP contribution in [-0.2, 0) is 9.59 Å². The second-order valence-electron chi connectivity index (χ2n) is 6.78. The van der Waals surface area contributed by atoms with Crippen molar-refractivity contribution in [2.45, 2.75) is 65.4 Å². The Hall–Kier alpha value is -1.16. The molecule has 120 valence electrons. The molecule has 0 spiro atoms. The van der Waals surface area contributed by atoms with Crippen molar-refractivity contribution in [3.63, 3.8) is 0 Å². The molecule has 0 saturated heterocycles. The number of aliphatic hydroxyl groups is 1. The van der Waals surface area contributed by atoms with Gasteiger partial charge < -0.3 is 10.2 Å². The lowest BCUT2D eigenvalue weighted by molar-refractivity contribution is -0.139. The predicted octanol–water partition coefficient (Wildman–Crippen LogP) is 3.19. The fourth-order valence-corrected chi connectivity index (χ4v) is 2.98. The molecule has 0 radical (unpaired) electrons. The molecule has 1 unspecified atom stereocenters. The molecule has 0 amide bonds. The fourth-order valence-electron chi connectivity index (χ4n) is 2.98. The first-order valence-electron chi connectivity index (χ1n) is 7.90. The number of ketones is 1. The van der Waals surface area contributed by atoms with E-state index < -0.39 is 12.1 Å². The maximum atomic E-state index is 12.3. The van der Waals surface area contributed by atoms with Crippen LogP contribution in [0.2, 0.25) is 0 Å². The molecular weight excluding hydrogens is 268 g/mol. The summed E-state index contributed by atoms with van der Waals surface area (Å²) in [6.07, 6.45) is 7.12. The largest absolute Gasteiger partial charge is 0.481 e. The average molecular weight is 296 g/mol. The average Bonchev–Trinajstić information content (AvgIpc) is 2.74. The van der Waals surface area contributed by atoms with Crippen molar-refractivity contribution in [1.82, 2.24) is 0 Å². The number of hydrogen-bond donors (Lipinski definition) is 2. The van der Waals surface area contributed by atoms with Gasteiger partial charge in [-0.1, -0.05) is 39.7 Å². The van der Waals surface area contributed by atoms with E-state index in [1.54, 1.807) is 6.08 Å². The van der Waals surface area contributed by atoms with Gasteiger partial charge in [0.25, 0.3) is 0 Å². The maximum Gasteiger partial charge on any atom is 0.303 e. The Labute approximate surface area is 127 Å². The molecule has 3 atom stereocenters. The van der Waals surface area contributed by atoms with Gasteiger partial charge in [-0.05, 0) is 31.3 Å². The van der Waals surface area contributed by atoms with Crippen molar-refractivity contribution in [3.8, 4) is 0 Å². The zero-order chi connectivity index (χ0) is 16.0. The van der Waals surface area contributed by atoms with Gasteiger partial charge in [-0.25, -0.2) is 0 Å². The van der Waals surface area contributed by atoms with E-state index in [1.807, 2.05) is 19.9 Å². The van der Waals surface area contributed by atoms with E-state index >= 15 is 0 Å². The molecule has 1 fully saturated rings. The number of carbonyl (C=O) groups is 2. The quantitative estimate of drug-likeness (QED) is 0.675. The molecule has 0 aromatic carbocycles. The summed E-state index contributed by atoms with van der Waals surface area (Å²) in [5, 5.41) is 18.8. The van der Waals surface area contributed by atoms with Gasteiger partial charge in [-0.2, -0.15) is 0 Å². The van der Waals surface area contributed by atoms with Gasteiger partial charge in [0.15, 0.2) is 5.78 Å². The van der Waals surface area contributed by atoms with Crippen LogP contribution in [0, 0.1) is 17.3 Å². The van der Waals surface area contributed by atoms with Gasteiger partial charge in [0, 0.05) is 11.3 Å². The standard InChI is InChI=1S/C17H28O4/c1-4-5-10-17(2,3)15(19)9-7-12-6-8-14(18)13(12)11-16(20)21/h7,9,12-14,18H,4-6,8,10-11H2,1-3H3,(H,20,21)/t12?,13-,14+/m1/s1. The highest BCUT2D eigenvalue weighted by atomic mass is 16.4. The summed E-state index contributed by atoms with van der Waals surface area (Å²) in [6.45, 7) is 6.01. The first-order chi connectivity index (χ1) is 9.77. The normalized spacial score (nSPS) is 26.4. The molecule has 0 heterocycles. The van der Waals surface area contributed by atoms with Gasteiger partial charge in [0.1, 0.15) is 0 Å². The Balaban J connectivity index is 2.65. The first kappa shape index (κ1) is 17.9. The highest BCUT2D eigenvalue weighted by molar-refractivity contribution is 5.94. The molecule has 1 aliphatic carbocycles. The smallest absolute Gasteiger partial charge is 0.303 e. The molecule has 4 heteroatoms. The third-order valence-corrected chi connectivity index (χ3v) is 4.57. The molecule has 1 aliphatic rings. The highest BCUT2D eigenvalue weighted by Crippen LogP contribution is 2.36. The monoisotopic (exact) mass is 296 g/mol. The van der Waals surface area contributed by atoms with Crippen molar-refractivity contribution in [3.05, 3.63) is 12.2 Å². The van der Waals surface area contributed by atoms with E-state index in [0.29, 0.717) is 6.42 Å². The second-order valence-corrected chi connectivity index (χ2v) is 6.78. The molecule has 0 bridgehead atoms. The molecule has 1 rings (SSSR count). The maximum absolute atomic E-state index is 12.3. The number of rotatable bonds is 8. The Morgan fingerprint density at radius 3 is 2.52 bits per heavy atom. The molecule has 21 heavy (non-hydrogen) atoms. The zero-order valence-corrected chi connectivity index (χ0v) is 13.3. The molecule has 2 N–H and O–H groups in total. The van der Waals surface area contributed by atoms with Crippen LogP contribution in [0.5, 0.6) is 0 Å². The Kier molecular flexibility index (Phi) is 6.59. The number of hydrogen-bond acceptors (Lipinski definition) is 3. The summed E-state index contributed by atoms with van der Waals surface area (Å²) in [5.41, 5.74) is -0.369. The number of carboxylic acid groups (broad SMARTS) is 1. The lowest BCUT2D eigenvalue weighted by Crippen LogP contribution is -2.24. The van der Waals surface area contributed by atoms with Crippen molar-refractivity contribution in [2.75, 3.05) is 0 Å². The van der Waals surface area contributed by atoms with E-state index in [0.717, 1.165) is 25.7 Å². The first-order valence-corrected chi connectivity index (χ1v) is 7.90. The summed E-state index contributed by atoms with van der Waals surface area (Å²) < 4.78 is 0. The predicted molar refractivity (Wildman–Crippen MR) is 81.9 cm³/mol. The molecular formula is C17H28O4. The van der Waals surface area contributed by atoms with Crippen LogP contribution in [0.25, 0.3) is 0 Å². The molecule has 1 saturated carbocycles. The molecule has 0 aliphatic heterocycles. The van der Waals surface area contributed by atoms with Gasteiger partial charge in [0.2, 0.25) is 0 Å². The highest BCUT2D eigenvalue weighted by Gasteiger charge is 2.35. The van der Waals surface area contributed by atoms with E-state index in [2.05, 4.69) is 6.92 Å². The van der Waals surface area contributed by atoms with Crippen molar-refractivity contribution in [1.29, 1.82) is 0 Å². The summed E-state index contributed by atoms with van der Waals surface area (Å²) in [6, 6.07) is 0. The van der Waals surface area contributed by atoms with Crippen LogP contribution in [0.15, 0.2) is 12.2 Å². The van der Waals surface area contributed by atoms with Crippen LogP contribution in [-0.4, -0.2) is 28.1 Å². The Bertz CT molecular complexity index is 398. The number of aliphatic carboxylic acids is 1. The zero-order valence-electron chi connectivity index (χ0n) is 13.3. The number of unbranched alkanes of at least 4 members (excludes halogenated alkanes) is 1. The summed E-state index contributed by atoms with van der Waals surface area (Å²) in [5.74, 6) is -1.09. The van der Waals surface area contributed by atoms with Crippen LogP contribution in [0.4, 0.5) is 0 Å². The van der Waals surface area contributed by atoms with E-state index in [1.165, 1.54) is 0 Å². The Morgan fingerprint density at radius 1 is 1.29 bits per heavy atom. The minimum absolute atomic E-state index is 0.0120. The molecule has 4 nitrogen and oxygen atoms in total. The van der Waals surface area contributed by atoms with Gasteiger partial charge >= 0.3 is 5.97 Å². The molecule has 0 aromatic rings. The van der Waals surface area contributed by atoms with Crippen molar-refractivity contribution in [2.24, 2.45) is 17.3 Å². The molecule has 0 aromatic heterocycles. The van der Waals surface area contributed by atoms with Gasteiger partial charge in [-0.3, -0.25) is 9.59 Å². The summed E-state index contributed by atoms with van der Waals surface area (Å²) >= 11 is 0. The second kappa shape index (κ2) is 7.74. The SMILES string of the molecule is CCCCC(C)(C)C(=O)C=CC1CC[C@H](O)[C@@H]1CC(=O)O. The Morgan fingerprint density at radius 2 is 1.95 bits per heavy atom. The number of allylic oxidation sites excluding steroid dienone is 2. The number of carbonyl (C=O) groups excluding carboxylic acids is 1. The topological polar surface area (TPSA) is 74.6 Å². The minimum Gasteiger partial charge on any atom is -0.481 e. The van der Waals surface area contributed by atoms with E-state index in [9.17, 15) is 14.7 Å². The van der Waals surface area contributed by atoms with E-state index in [4.69, 9.17) is 5.11 Å². The van der Waals surface area contributed by atoms with Crippen LogP contribution in [0.3, 0.4) is 0 Å². The third-order valence-electron chi connectivity index (χ3n) is 4.57. The van der Waals surface area contributed by atoms with Crippen LogP contribution >= 0.6 is 0 Å². The summed E-state index contributed by atoms with van der Waals surface area (Å²) in [4.78, 5) is 23.1. The van der Waals surface area contributed by atoms with Crippen LogP contribution in [0.1, 0.15) is 59.3 Å². The number of aliphatic hydroxyl groups excluding tert-OH is 1. The number of carboxylic acids is 1. The summed E-state index contributed by atoms with van der Waals surface area (Å²) in [7, 11) is 0. The van der Waals surface area contributed by atoms with Crippen LogP contribution < -0.4 is 0 Å².